The average molecular weight is 196 g/mol. The number of carbonyl (C=O) groups excluding carboxylic acids is 1. The molecule has 0 spiro atoms. The van der Waals surface area contributed by atoms with E-state index in [-0.39, 0.29) is 18.4 Å². The van der Waals surface area contributed by atoms with Crippen LogP contribution in [0.25, 0.3) is 0 Å². The summed E-state index contributed by atoms with van der Waals surface area (Å²) in [6.45, 7) is 3.41. The number of aliphatic hydroxyl groups is 1. The van der Waals surface area contributed by atoms with Gasteiger partial charge in [-0.15, -0.1) is 0 Å². The van der Waals surface area contributed by atoms with E-state index in [4.69, 9.17) is 5.11 Å². The Hall–Kier alpha value is -1.00. The van der Waals surface area contributed by atoms with E-state index in [9.17, 15) is 18.0 Å². The maximum atomic E-state index is 11.7. The zero-order chi connectivity index (χ0) is 10.6. The predicted molar refractivity (Wildman–Crippen MR) is 41.2 cm³/mol. The first kappa shape index (κ1) is 12.0. The van der Waals surface area contributed by atoms with Crippen LogP contribution in [0, 0.1) is 5.92 Å². The Morgan fingerprint density at radius 1 is 1.46 bits per heavy atom. The van der Waals surface area contributed by atoms with Crippen LogP contribution in [0.15, 0.2) is 11.8 Å². The van der Waals surface area contributed by atoms with Crippen molar-refractivity contribution in [1.82, 2.24) is 0 Å². The summed E-state index contributed by atoms with van der Waals surface area (Å²) in [5, 5.41) is 8.38. The first-order chi connectivity index (χ1) is 5.73. The number of halogens is 3. The van der Waals surface area contributed by atoms with E-state index in [1.807, 2.05) is 0 Å². The molecule has 0 aromatic heterocycles. The smallest absolute Gasteiger partial charge is 0.448 e. The predicted octanol–water partition coefficient (Wildman–Crippen LogP) is 2.61. The topological polar surface area (TPSA) is 37.3 Å². The molecule has 0 atom stereocenters. The molecule has 0 aromatic carbocycles. The lowest BCUT2D eigenvalue weighted by Crippen LogP contribution is -2.13. The molecule has 0 aromatic rings. The van der Waals surface area contributed by atoms with Gasteiger partial charge in [-0.1, -0.05) is 13.8 Å². The van der Waals surface area contributed by atoms with Crippen molar-refractivity contribution in [3.05, 3.63) is 11.8 Å². The van der Waals surface area contributed by atoms with Crippen LogP contribution in [0.5, 0.6) is 0 Å². The monoisotopic (exact) mass is 196 g/mol. The van der Waals surface area contributed by atoms with Gasteiger partial charge in [-0.05, 0) is 5.92 Å². The quantitative estimate of drug-likeness (QED) is 0.556. The first-order valence-electron chi connectivity index (χ1n) is 3.74. The van der Waals surface area contributed by atoms with Gasteiger partial charge in [0.25, 0.3) is 0 Å². The summed E-state index contributed by atoms with van der Waals surface area (Å²) in [5.41, 5.74) is 0. The van der Waals surface area contributed by atoms with Crippen LogP contribution in [0.1, 0.15) is 20.3 Å². The van der Waals surface area contributed by atoms with Gasteiger partial charge in [-0.2, -0.15) is 13.2 Å². The van der Waals surface area contributed by atoms with Crippen LogP contribution in [0.3, 0.4) is 0 Å². The van der Waals surface area contributed by atoms with Crippen molar-refractivity contribution < 1.29 is 23.1 Å². The number of hydrogen-bond acceptors (Lipinski definition) is 2. The third-order valence-electron chi connectivity index (χ3n) is 1.20. The molecule has 0 aliphatic rings. The molecule has 0 aliphatic heterocycles. The van der Waals surface area contributed by atoms with Crippen LogP contribution in [0.2, 0.25) is 0 Å². The molecule has 0 unspecified atom stereocenters. The normalized spacial score (nSPS) is 13.5. The molecule has 0 heterocycles. The van der Waals surface area contributed by atoms with E-state index in [0.717, 1.165) is 0 Å². The Morgan fingerprint density at radius 3 is 2.23 bits per heavy atom. The van der Waals surface area contributed by atoms with Gasteiger partial charge >= 0.3 is 6.18 Å². The molecule has 0 saturated carbocycles. The number of ketones is 1. The third kappa shape index (κ3) is 5.27. The second kappa shape index (κ2) is 4.30. The molecule has 0 rings (SSSR count). The molecule has 0 saturated heterocycles. The van der Waals surface area contributed by atoms with Crippen LogP contribution in [-0.2, 0) is 4.79 Å². The van der Waals surface area contributed by atoms with Gasteiger partial charge in [0.05, 0.1) is 0 Å². The summed E-state index contributed by atoms with van der Waals surface area (Å²) in [4.78, 5) is 10.8. The molecule has 0 fully saturated rings. The largest absolute Gasteiger partial charge is 0.504 e. The van der Waals surface area contributed by atoms with Crippen molar-refractivity contribution in [2.75, 3.05) is 0 Å². The summed E-state index contributed by atoms with van der Waals surface area (Å²) in [5.74, 6) is -2.58. The number of alkyl halides is 3. The van der Waals surface area contributed by atoms with Gasteiger partial charge in [0, 0.05) is 12.5 Å². The highest BCUT2D eigenvalue weighted by molar-refractivity contribution is 5.90. The van der Waals surface area contributed by atoms with Crippen molar-refractivity contribution in [2.45, 2.75) is 26.4 Å². The second-order valence-electron chi connectivity index (χ2n) is 3.09. The minimum atomic E-state index is -4.83. The number of aliphatic hydroxyl groups excluding tert-OH is 1. The summed E-state index contributed by atoms with van der Waals surface area (Å²) in [7, 11) is 0. The molecule has 1 N–H and O–H groups in total. The highest BCUT2D eigenvalue weighted by Crippen LogP contribution is 2.23. The molecule has 76 valence electrons. The highest BCUT2D eigenvalue weighted by Gasteiger charge is 2.34. The number of hydrogen-bond donors (Lipinski definition) is 1. The first-order valence-corrected chi connectivity index (χ1v) is 3.74. The van der Waals surface area contributed by atoms with E-state index in [1.165, 1.54) is 0 Å². The standard InChI is InChI=1S/C8H11F3O2/c1-5(2)3-6(12)4-7(13)8(9,10)11/h4-5,13H,3H2,1-2H3. The summed E-state index contributed by atoms with van der Waals surface area (Å²) >= 11 is 0. The fourth-order valence-corrected chi connectivity index (χ4v) is 0.696. The Labute approximate surface area is 74.1 Å². The molecular weight excluding hydrogens is 185 g/mol. The second-order valence-corrected chi connectivity index (χ2v) is 3.09. The van der Waals surface area contributed by atoms with Crippen molar-refractivity contribution in [1.29, 1.82) is 0 Å². The van der Waals surface area contributed by atoms with E-state index in [2.05, 4.69) is 0 Å². The van der Waals surface area contributed by atoms with Gasteiger partial charge in [-0.25, -0.2) is 0 Å². The van der Waals surface area contributed by atoms with Gasteiger partial charge in [0.1, 0.15) is 0 Å². The third-order valence-corrected chi connectivity index (χ3v) is 1.20. The highest BCUT2D eigenvalue weighted by atomic mass is 19.4. The minimum absolute atomic E-state index is 0.000139. The number of carbonyl (C=O) groups is 1. The maximum Gasteiger partial charge on any atom is 0.448 e. The molecular formula is C8H11F3O2. The fraction of sp³-hybridized carbons (Fsp3) is 0.625. The molecule has 0 bridgehead atoms. The summed E-state index contributed by atoms with van der Waals surface area (Å²) < 4.78 is 35.0. The number of rotatable bonds is 3. The lowest BCUT2D eigenvalue weighted by Gasteiger charge is -2.04. The van der Waals surface area contributed by atoms with Gasteiger partial charge in [0.2, 0.25) is 5.76 Å². The molecule has 2 nitrogen and oxygen atoms in total. The average Bonchev–Trinajstić information content (AvgIpc) is 1.82. The van der Waals surface area contributed by atoms with Crippen molar-refractivity contribution in [3.63, 3.8) is 0 Å². The molecule has 5 heteroatoms. The van der Waals surface area contributed by atoms with E-state index >= 15 is 0 Å². The Bertz CT molecular complexity index is 216. The Kier molecular flexibility index (Phi) is 3.97. The summed E-state index contributed by atoms with van der Waals surface area (Å²) in [6.07, 6.45) is -4.60. The zero-order valence-corrected chi connectivity index (χ0v) is 7.35. The zero-order valence-electron chi connectivity index (χ0n) is 7.35. The van der Waals surface area contributed by atoms with Crippen LogP contribution >= 0.6 is 0 Å². The van der Waals surface area contributed by atoms with E-state index < -0.39 is 17.7 Å². The maximum absolute atomic E-state index is 11.7. The van der Waals surface area contributed by atoms with Crippen molar-refractivity contribution >= 4 is 5.78 Å². The van der Waals surface area contributed by atoms with Gasteiger partial charge in [-0.3, -0.25) is 4.79 Å². The van der Waals surface area contributed by atoms with Crippen LogP contribution in [-0.4, -0.2) is 17.1 Å². The molecule has 0 amide bonds. The number of allylic oxidation sites excluding steroid dienone is 2. The molecule has 0 aliphatic carbocycles. The van der Waals surface area contributed by atoms with Crippen molar-refractivity contribution in [3.8, 4) is 0 Å². The van der Waals surface area contributed by atoms with Gasteiger partial charge < -0.3 is 5.11 Å². The van der Waals surface area contributed by atoms with Crippen molar-refractivity contribution in [2.24, 2.45) is 5.92 Å². The fourth-order valence-electron chi connectivity index (χ4n) is 0.696. The van der Waals surface area contributed by atoms with Crippen LogP contribution < -0.4 is 0 Å². The van der Waals surface area contributed by atoms with Crippen LogP contribution in [0.4, 0.5) is 13.2 Å². The van der Waals surface area contributed by atoms with Gasteiger partial charge in [0.15, 0.2) is 5.78 Å². The lowest BCUT2D eigenvalue weighted by molar-refractivity contribution is -0.125. The summed E-state index contributed by atoms with van der Waals surface area (Å²) in [6, 6.07) is 0. The molecule has 0 radical (unpaired) electrons. The molecule has 13 heavy (non-hydrogen) atoms. The Balaban J connectivity index is 4.32. The SMILES string of the molecule is CC(C)CC(=O)C=C(O)C(F)(F)F. The minimum Gasteiger partial charge on any atom is -0.504 e. The van der Waals surface area contributed by atoms with E-state index in [1.54, 1.807) is 13.8 Å². The Morgan fingerprint density at radius 2 is 1.92 bits per heavy atom. The lowest BCUT2D eigenvalue weighted by atomic mass is 10.1. The van der Waals surface area contributed by atoms with E-state index in [0.29, 0.717) is 0 Å².